The maximum Gasteiger partial charge on any atom is 0.259 e. The molecule has 7 heteroatoms. The molecule has 1 aliphatic carbocycles. The highest BCUT2D eigenvalue weighted by molar-refractivity contribution is 7.85. The molecule has 1 unspecified atom stereocenters. The Hall–Kier alpha value is -3.22. The number of hydrogen-bond donors (Lipinski definition) is 1. The van der Waals surface area contributed by atoms with Crippen molar-refractivity contribution < 1.29 is 13.8 Å². The Morgan fingerprint density at radius 3 is 2.58 bits per heavy atom. The standard InChI is InChI=1S/C29H27ClN2O3S/c30-23-13-10-21(11-14-23)19-32-25-18-22(28(33)31-17-16-20-6-2-1-3-7-20)12-15-27(25)36(35)26-9-5-4-8-24(26)29(32)34/h4-6,8-15,18H,1-3,7,16-17,19H2,(H,31,33). The minimum absolute atomic E-state index is 0.208. The van der Waals surface area contributed by atoms with E-state index in [-0.39, 0.29) is 18.4 Å². The predicted molar refractivity (Wildman–Crippen MR) is 143 cm³/mol. The summed E-state index contributed by atoms with van der Waals surface area (Å²) in [4.78, 5) is 29.3. The van der Waals surface area contributed by atoms with Gasteiger partial charge in [-0.2, -0.15) is 0 Å². The molecule has 5 nitrogen and oxygen atoms in total. The quantitative estimate of drug-likeness (QED) is 0.390. The topological polar surface area (TPSA) is 66.5 Å². The lowest BCUT2D eigenvalue weighted by Gasteiger charge is -2.23. The molecule has 0 fully saturated rings. The Morgan fingerprint density at radius 1 is 1.00 bits per heavy atom. The lowest BCUT2D eigenvalue weighted by atomic mass is 9.97. The molecular weight excluding hydrogens is 492 g/mol. The van der Waals surface area contributed by atoms with Crippen LogP contribution in [0, 0.1) is 0 Å². The van der Waals surface area contributed by atoms with E-state index >= 15 is 0 Å². The molecule has 36 heavy (non-hydrogen) atoms. The Balaban J connectivity index is 1.47. The average Bonchev–Trinajstić information content (AvgIpc) is 2.99. The zero-order valence-electron chi connectivity index (χ0n) is 19.8. The first-order valence-corrected chi connectivity index (χ1v) is 13.7. The molecule has 0 aromatic heterocycles. The molecule has 0 radical (unpaired) electrons. The van der Waals surface area contributed by atoms with Crippen LogP contribution in [0.25, 0.3) is 0 Å². The second-order valence-electron chi connectivity index (χ2n) is 9.08. The molecule has 0 saturated heterocycles. The van der Waals surface area contributed by atoms with Gasteiger partial charge >= 0.3 is 0 Å². The SMILES string of the molecule is O=C(NCCC1=CCCCC1)c1ccc2c(c1)N(Cc1ccc(Cl)cc1)C(=O)c1ccccc1S2=O. The van der Waals surface area contributed by atoms with Crippen molar-refractivity contribution in [1.29, 1.82) is 0 Å². The molecule has 3 aromatic rings. The van der Waals surface area contributed by atoms with Crippen molar-refractivity contribution in [2.75, 3.05) is 11.4 Å². The van der Waals surface area contributed by atoms with Gasteiger partial charge in [-0.15, -0.1) is 0 Å². The fraction of sp³-hybridized carbons (Fsp3) is 0.241. The van der Waals surface area contributed by atoms with E-state index in [1.54, 1.807) is 59.5 Å². The largest absolute Gasteiger partial charge is 0.352 e. The summed E-state index contributed by atoms with van der Waals surface area (Å²) in [7, 11) is -1.56. The third-order valence-corrected chi connectivity index (χ3v) is 8.40. The van der Waals surface area contributed by atoms with Gasteiger partial charge in [-0.1, -0.05) is 47.5 Å². The van der Waals surface area contributed by atoms with Crippen LogP contribution in [0.15, 0.2) is 88.2 Å². The van der Waals surface area contributed by atoms with Gasteiger partial charge in [0.25, 0.3) is 11.8 Å². The van der Waals surface area contributed by atoms with E-state index < -0.39 is 10.8 Å². The van der Waals surface area contributed by atoms with Gasteiger partial charge in [0.15, 0.2) is 0 Å². The van der Waals surface area contributed by atoms with Crippen LogP contribution in [0.3, 0.4) is 0 Å². The zero-order valence-corrected chi connectivity index (χ0v) is 21.4. The number of carbonyl (C=O) groups is 2. The summed E-state index contributed by atoms with van der Waals surface area (Å²) >= 11 is 6.05. The van der Waals surface area contributed by atoms with Crippen molar-refractivity contribution in [2.24, 2.45) is 0 Å². The molecule has 0 saturated carbocycles. The van der Waals surface area contributed by atoms with Crippen LogP contribution in [-0.2, 0) is 17.3 Å². The number of halogens is 1. The van der Waals surface area contributed by atoms with Crippen LogP contribution in [-0.4, -0.2) is 22.6 Å². The Bertz CT molecular complexity index is 1370. The van der Waals surface area contributed by atoms with Crippen LogP contribution < -0.4 is 10.2 Å². The molecule has 1 heterocycles. The summed E-state index contributed by atoms with van der Waals surface area (Å²) < 4.78 is 13.6. The molecule has 5 rings (SSSR count). The second kappa shape index (κ2) is 10.8. The van der Waals surface area contributed by atoms with Crippen molar-refractivity contribution in [2.45, 2.75) is 48.4 Å². The molecule has 1 atom stereocenters. The third kappa shape index (κ3) is 5.15. The molecular formula is C29H27ClN2O3S. The van der Waals surface area contributed by atoms with Gasteiger partial charge in [-0.05, 0) is 80.1 Å². The molecule has 2 aliphatic rings. The van der Waals surface area contributed by atoms with E-state index in [4.69, 9.17) is 11.6 Å². The van der Waals surface area contributed by atoms with Gasteiger partial charge in [0, 0.05) is 17.1 Å². The number of rotatable bonds is 6. The predicted octanol–water partition coefficient (Wildman–Crippen LogP) is 6.29. The van der Waals surface area contributed by atoms with Crippen molar-refractivity contribution in [3.63, 3.8) is 0 Å². The number of amides is 2. The highest BCUT2D eigenvalue weighted by Gasteiger charge is 2.31. The van der Waals surface area contributed by atoms with Gasteiger partial charge in [0.2, 0.25) is 0 Å². The molecule has 184 valence electrons. The van der Waals surface area contributed by atoms with Gasteiger partial charge in [-0.25, -0.2) is 4.21 Å². The van der Waals surface area contributed by atoms with Crippen LogP contribution >= 0.6 is 11.6 Å². The summed E-state index contributed by atoms with van der Waals surface area (Å²) in [5.41, 5.74) is 3.58. The third-order valence-electron chi connectivity index (χ3n) is 6.64. The maximum absolute atomic E-state index is 13.7. The maximum atomic E-state index is 13.7. The summed E-state index contributed by atoms with van der Waals surface area (Å²) in [5.74, 6) is -0.463. The van der Waals surface area contributed by atoms with E-state index in [1.165, 1.54) is 18.4 Å². The summed E-state index contributed by atoms with van der Waals surface area (Å²) in [6.07, 6.45) is 7.79. The number of allylic oxidation sites excluding steroid dienone is 1. The first-order chi connectivity index (χ1) is 17.5. The van der Waals surface area contributed by atoms with Gasteiger partial charge in [0.05, 0.1) is 38.4 Å². The second-order valence-corrected chi connectivity index (χ2v) is 10.9. The first kappa shape index (κ1) is 24.5. The molecule has 2 amide bonds. The van der Waals surface area contributed by atoms with E-state index in [2.05, 4.69) is 11.4 Å². The highest BCUT2D eigenvalue weighted by Crippen LogP contribution is 2.36. The normalized spacial score (nSPS) is 17.0. The smallest absolute Gasteiger partial charge is 0.259 e. The lowest BCUT2D eigenvalue weighted by Crippen LogP contribution is -2.31. The molecule has 1 N–H and O–H groups in total. The highest BCUT2D eigenvalue weighted by atomic mass is 35.5. The molecule has 3 aromatic carbocycles. The monoisotopic (exact) mass is 518 g/mol. The van der Waals surface area contributed by atoms with E-state index in [9.17, 15) is 13.8 Å². The number of benzene rings is 3. The van der Waals surface area contributed by atoms with Crippen molar-refractivity contribution in [3.05, 3.63) is 100 Å². The lowest BCUT2D eigenvalue weighted by molar-refractivity contribution is 0.0950. The van der Waals surface area contributed by atoms with Crippen molar-refractivity contribution in [1.82, 2.24) is 5.32 Å². The summed E-state index contributed by atoms with van der Waals surface area (Å²) in [6, 6.07) is 19.3. The van der Waals surface area contributed by atoms with E-state index in [1.807, 2.05) is 12.1 Å². The van der Waals surface area contributed by atoms with Crippen LogP contribution in [0.5, 0.6) is 0 Å². The van der Waals surface area contributed by atoms with Crippen LogP contribution in [0.1, 0.15) is 58.4 Å². The Labute approximate surface area is 218 Å². The summed E-state index contributed by atoms with van der Waals surface area (Å²) in [6.45, 7) is 0.820. The number of fused-ring (bicyclic) bond motifs is 2. The average molecular weight is 519 g/mol. The Morgan fingerprint density at radius 2 is 1.81 bits per heavy atom. The summed E-state index contributed by atoms with van der Waals surface area (Å²) in [5, 5.41) is 3.61. The number of hydrogen-bond acceptors (Lipinski definition) is 3. The Kier molecular flexibility index (Phi) is 7.35. The number of carbonyl (C=O) groups excluding carboxylic acids is 2. The number of nitrogens with one attached hydrogen (secondary N) is 1. The van der Waals surface area contributed by atoms with Crippen molar-refractivity contribution in [3.8, 4) is 0 Å². The fourth-order valence-electron chi connectivity index (χ4n) is 4.70. The number of anilines is 1. The van der Waals surface area contributed by atoms with Gasteiger partial charge in [-0.3, -0.25) is 9.59 Å². The fourth-order valence-corrected chi connectivity index (χ4v) is 6.18. The van der Waals surface area contributed by atoms with E-state index in [0.717, 1.165) is 24.8 Å². The minimum atomic E-state index is -1.56. The first-order valence-electron chi connectivity index (χ1n) is 12.2. The van der Waals surface area contributed by atoms with E-state index in [0.29, 0.717) is 38.2 Å². The van der Waals surface area contributed by atoms with Crippen molar-refractivity contribution >= 4 is 39.9 Å². The molecule has 0 spiro atoms. The zero-order chi connectivity index (χ0) is 25.1. The molecule has 1 aliphatic heterocycles. The minimum Gasteiger partial charge on any atom is -0.352 e. The molecule has 0 bridgehead atoms. The van der Waals surface area contributed by atoms with Crippen LogP contribution in [0.4, 0.5) is 5.69 Å². The van der Waals surface area contributed by atoms with Gasteiger partial charge in [0.1, 0.15) is 0 Å². The number of nitrogens with zero attached hydrogens (tertiary/aromatic N) is 1. The van der Waals surface area contributed by atoms with Gasteiger partial charge < -0.3 is 10.2 Å². The van der Waals surface area contributed by atoms with Crippen LogP contribution in [0.2, 0.25) is 5.02 Å².